The molecule has 0 fully saturated rings. The fourth-order valence-electron chi connectivity index (χ4n) is 3.61. The lowest BCUT2D eigenvalue weighted by Crippen LogP contribution is -2.14. The Balaban J connectivity index is 1.45. The van der Waals surface area contributed by atoms with Crippen LogP contribution in [-0.2, 0) is 6.54 Å². The van der Waals surface area contributed by atoms with Gasteiger partial charge < -0.3 is 9.73 Å². The smallest absolute Gasteiger partial charge is 0.277 e. The zero-order valence-corrected chi connectivity index (χ0v) is 18.0. The van der Waals surface area contributed by atoms with Gasteiger partial charge >= 0.3 is 0 Å². The number of rotatable bonds is 5. The molecule has 5 rings (SSSR count). The fourth-order valence-corrected chi connectivity index (χ4v) is 3.86. The van der Waals surface area contributed by atoms with E-state index in [9.17, 15) is 4.79 Å². The van der Waals surface area contributed by atoms with E-state index < -0.39 is 0 Å². The van der Waals surface area contributed by atoms with E-state index in [0.717, 1.165) is 33.6 Å². The monoisotopic (exact) mass is 442 g/mol. The zero-order chi connectivity index (χ0) is 22.1. The molecule has 0 unspecified atom stereocenters. The van der Waals surface area contributed by atoms with Gasteiger partial charge in [-0.1, -0.05) is 48.0 Å². The Bertz CT molecular complexity index is 1410. The van der Waals surface area contributed by atoms with Crippen molar-refractivity contribution in [2.24, 2.45) is 0 Å². The first-order valence-electron chi connectivity index (χ1n) is 10.1. The second-order valence-electron chi connectivity index (χ2n) is 7.46. The third-order valence-electron chi connectivity index (χ3n) is 5.16. The van der Waals surface area contributed by atoms with Crippen molar-refractivity contribution in [3.63, 3.8) is 0 Å². The van der Waals surface area contributed by atoms with Crippen LogP contribution < -0.4 is 5.32 Å². The summed E-state index contributed by atoms with van der Waals surface area (Å²) in [4.78, 5) is 16.7. The number of amides is 1. The molecule has 0 radical (unpaired) electrons. The predicted octanol–water partition coefficient (Wildman–Crippen LogP) is 5.95. The Kier molecular flexibility index (Phi) is 5.21. The Morgan fingerprint density at radius 3 is 2.66 bits per heavy atom. The second kappa shape index (κ2) is 8.32. The van der Waals surface area contributed by atoms with Crippen molar-refractivity contribution in [1.29, 1.82) is 0 Å². The van der Waals surface area contributed by atoms with E-state index in [1.807, 2.05) is 61.5 Å². The molecule has 0 aliphatic heterocycles. The number of furan rings is 1. The average molecular weight is 443 g/mol. The molecule has 1 N–H and O–H groups in total. The molecule has 0 spiro atoms. The highest BCUT2D eigenvalue weighted by Crippen LogP contribution is 2.32. The van der Waals surface area contributed by atoms with Gasteiger partial charge in [0, 0.05) is 33.4 Å². The summed E-state index contributed by atoms with van der Waals surface area (Å²) in [5.74, 6) is 0.938. The van der Waals surface area contributed by atoms with Gasteiger partial charge in [-0.25, -0.2) is 4.98 Å². The largest absolute Gasteiger partial charge is 0.456 e. The van der Waals surface area contributed by atoms with Crippen molar-refractivity contribution in [1.82, 2.24) is 14.8 Å². The SMILES string of the molecule is Cc1cc(C(=O)Nc2ccccn2)nn1Cc1cc(Cl)cc2cc(-c3ccccc3)oc12. The molecule has 2 aromatic carbocycles. The highest BCUT2D eigenvalue weighted by atomic mass is 35.5. The van der Waals surface area contributed by atoms with Crippen molar-refractivity contribution < 1.29 is 9.21 Å². The van der Waals surface area contributed by atoms with Crippen LogP contribution in [0.5, 0.6) is 0 Å². The summed E-state index contributed by atoms with van der Waals surface area (Å²) in [6.07, 6.45) is 1.62. The number of hydrogen-bond acceptors (Lipinski definition) is 4. The number of nitrogens with zero attached hydrogens (tertiary/aromatic N) is 3. The van der Waals surface area contributed by atoms with E-state index in [0.29, 0.717) is 23.1 Å². The van der Waals surface area contributed by atoms with Crippen LogP contribution in [0.25, 0.3) is 22.3 Å². The minimum absolute atomic E-state index is 0.314. The van der Waals surface area contributed by atoms with Crippen molar-refractivity contribution in [3.05, 3.63) is 101 Å². The summed E-state index contributed by atoms with van der Waals surface area (Å²) in [7, 11) is 0. The summed E-state index contributed by atoms with van der Waals surface area (Å²) in [5.41, 5.74) is 3.80. The van der Waals surface area contributed by atoms with E-state index in [4.69, 9.17) is 16.0 Å². The van der Waals surface area contributed by atoms with Crippen molar-refractivity contribution in [2.45, 2.75) is 13.5 Å². The lowest BCUT2D eigenvalue weighted by Gasteiger charge is -2.06. The molecule has 3 heterocycles. The van der Waals surface area contributed by atoms with Crippen LogP contribution in [0.3, 0.4) is 0 Å². The zero-order valence-electron chi connectivity index (χ0n) is 17.2. The fraction of sp³-hybridized carbons (Fsp3) is 0.0800. The van der Waals surface area contributed by atoms with Gasteiger partial charge in [0.2, 0.25) is 0 Å². The molecule has 0 saturated heterocycles. The third-order valence-corrected chi connectivity index (χ3v) is 5.37. The normalized spacial score (nSPS) is 11.1. The molecule has 5 aromatic rings. The van der Waals surface area contributed by atoms with Crippen LogP contribution in [0.15, 0.2) is 83.4 Å². The quantitative estimate of drug-likeness (QED) is 0.365. The van der Waals surface area contributed by atoms with Crippen LogP contribution in [0.4, 0.5) is 5.82 Å². The van der Waals surface area contributed by atoms with E-state index in [2.05, 4.69) is 15.4 Å². The number of carbonyl (C=O) groups excluding carboxylic acids is 1. The van der Waals surface area contributed by atoms with Gasteiger partial charge in [0.15, 0.2) is 5.69 Å². The lowest BCUT2D eigenvalue weighted by atomic mass is 10.1. The summed E-state index contributed by atoms with van der Waals surface area (Å²) < 4.78 is 7.97. The predicted molar refractivity (Wildman–Crippen MR) is 125 cm³/mol. The minimum Gasteiger partial charge on any atom is -0.456 e. The van der Waals surface area contributed by atoms with Gasteiger partial charge in [0.05, 0.1) is 6.54 Å². The number of benzene rings is 2. The number of halogens is 1. The molecule has 0 bridgehead atoms. The topological polar surface area (TPSA) is 73.0 Å². The third kappa shape index (κ3) is 4.00. The molecule has 0 atom stereocenters. The van der Waals surface area contributed by atoms with Crippen LogP contribution >= 0.6 is 11.6 Å². The van der Waals surface area contributed by atoms with E-state index >= 15 is 0 Å². The van der Waals surface area contributed by atoms with E-state index in [-0.39, 0.29) is 5.91 Å². The summed E-state index contributed by atoms with van der Waals surface area (Å²) in [6, 6.07) is 22.7. The molecule has 158 valence electrons. The van der Waals surface area contributed by atoms with Gasteiger partial charge in [-0.05, 0) is 43.3 Å². The number of aryl methyl sites for hydroxylation is 1. The number of pyridine rings is 1. The molecule has 0 aliphatic rings. The molecule has 7 heteroatoms. The van der Waals surface area contributed by atoms with Crippen LogP contribution in [0, 0.1) is 6.92 Å². The standard InChI is InChI=1S/C25H19ClN4O2/c1-16-11-21(25(31)28-23-9-5-6-10-27-23)29-30(16)15-19-13-20(26)12-18-14-22(32-24(18)19)17-7-3-2-4-8-17/h2-14H,15H2,1H3,(H,27,28,31). The maximum absolute atomic E-state index is 12.6. The maximum atomic E-state index is 12.6. The van der Waals surface area contributed by atoms with Crippen LogP contribution in [0.1, 0.15) is 21.7 Å². The van der Waals surface area contributed by atoms with Gasteiger partial charge in [-0.2, -0.15) is 5.10 Å². The minimum atomic E-state index is -0.314. The maximum Gasteiger partial charge on any atom is 0.277 e. The molecule has 32 heavy (non-hydrogen) atoms. The van der Waals surface area contributed by atoms with Gasteiger partial charge in [0.25, 0.3) is 5.91 Å². The Labute approximate surface area is 189 Å². The summed E-state index contributed by atoms with van der Waals surface area (Å²) >= 11 is 6.39. The first kappa shape index (κ1) is 20.0. The lowest BCUT2D eigenvalue weighted by molar-refractivity contribution is 0.102. The van der Waals surface area contributed by atoms with Gasteiger partial charge in [-0.3, -0.25) is 9.48 Å². The molecule has 1 amide bonds. The van der Waals surface area contributed by atoms with Crippen molar-refractivity contribution in [2.75, 3.05) is 5.32 Å². The first-order valence-corrected chi connectivity index (χ1v) is 10.5. The summed E-state index contributed by atoms with van der Waals surface area (Å²) in [6.45, 7) is 2.32. The highest BCUT2D eigenvalue weighted by Gasteiger charge is 2.16. The number of aromatic nitrogens is 3. The average Bonchev–Trinajstić information content (AvgIpc) is 3.39. The van der Waals surface area contributed by atoms with Crippen molar-refractivity contribution >= 4 is 34.3 Å². The van der Waals surface area contributed by atoms with Gasteiger partial charge in [0.1, 0.15) is 17.2 Å². The number of hydrogen-bond donors (Lipinski definition) is 1. The van der Waals surface area contributed by atoms with Gasteiger partial charge in [-0.15, -0.1) is 0 Å². The van der Waals surface area contributed by atoms with Crippen LogP contribution in [0.2, 0.25) is 5.02 Å². The number of nitrogens with one attached hydrogen (secondary N) is 1. The second-order valence-corrected chi connectivity index (χ2v) is 7.89. The molecule has 0 aliphatic carbocycles. The number of carbonyl (C=O) groups is 1. The molecule has 0 saturated carbocycles. The Morgan fingerprint density at radius 2 is 1.88 bits per heavy atom. The number of anilines is 1. The molecule has 6 nitrogen and oxygen atoms in total. The molecular weight excluding hydrogens is 424 g/mol. The van der Waals surface area contributed by atoms with E-state index in [1.54, 1.807) is 29.1 Å². The number of fused-ring (bicyclic) bond motifs is 1. The molecule has 3 aromatic heterocycles. The Hall–Kier alpha value is -3.90. The molecular formula is C25H19ClN4O2. The van der Waals surface area contributed by atoms with Crippen molar-refractivity contribution in [3.8, 4) is 11.3 Å². The Morgan fingerprint density at radius 1 is 1.06 bits per heavy atom. The highest BCUT2D eigenvalue weighted by molar-refractivity contribution is 6.31. The first-order chi connectivity index (χ1) is 15.6. The van der Waals surface area contributed by atoms with E-state index in [1.165, 1.54) is 0 Å². The summed E-state index contributed by atoms with van der Waals surface area (Å²) in [5, 5.41) is 8.79. The van der Waals surface area contributed by atoms with Crippen LogP contribution in [-0.4, -0.2) is 20.7 Å².